The van der Waals surface area contributed by atoms with Crippen molar-refractivity contribution >= 4 is 22.5 Å². The van der Waals surface area contributed by atoms with Crippen LogP contribution in [0.3, 0.4) is 0 Å². The molecule has 2 heterocycles. The summed E-state index contributed by atoms with van der Waals surface area (Å²) in [4.78, 5) is 17.6. The Balaban J connectivity index is 1.84. The van der Waals surface area contributed by atoms with Crippen molar-refractivity contribution < 1.29 is 14.2 Å². The fourth-order valence-corrected chi connectivity index (χ4v) is 2.91. The minimum Gasteiger partial charge on any atom is -0.488 e. The zero-order valence-electron chi connectivity index (χ0n) is 14.0. The molecule has 3 aromatic rings. The molecule has 26 heavy (non-hydrogen) atoms. The fraction of sp³-hybridized carbons (Fsp3) is 0.158. The molecule has 0 radical (unpaired) electrons. The zero-order valence-corrected chi connectivity index (χ0v) is 14.7. The molecule has 7 heteroatoms. The molecule has 0 fully saturated rings. The van der Waals surface area contributed by atoms with Gasteiger partial charge in [-0.25, -0.2) is 4.98 Å². The highest BCUT2D eigenvalue weighted by molar-refractivity contribution is 6.29. The average molecular weight is 371 g/mol. The molecule has 0 spiro atoms. The molecule has 6 nitrogen and oxygen atoms in total. The molecule has 2 aromatic carbocycles. The third kappa shape index (κ3) is 2.88. The van der Waals surface area contributed by atoms with E-state index in [1.54, 1.807) is 43.3 Å². The molecule has 0 aliphatic carbocycles. The molecule has 0 bridgehead atoms. The number of aryl methyl sites for hydroxylation is 1. The minimum absolute atomic E-state index is 0.169. The molecule has 1 aliphatic rings. The number of benzene rings is 2. The van der Waals surface area contributed by atoms with Crippen molar-refractivity contribution in [1.29, 1.82) is 0 Å². The van der Waals surface area contributed by atoms with E-state index in [1.807, 2.05) is 0 Å². The van der Waals surface area contributed by atoms with Gasteiger partial charge < -0.3 is 14.2 Å². The first-order valence-electron chi connectivity index (χ1n) is 7.92. The molecule has 0 saturated heterocycles. The van der Waals surface area contributed by atoms with E-state index in [0.717, 1.165) is 0 Å². The molecular weight excluding hydrogens is 356 g/mol. The standard InChI is InChI=1S/C19H15ClN2O4/c1-11(20)9-24-14-4-5-16-15(8-14)19(23)22(12(2)21-16)13-3-6-17-18(7-13)26-10-25-17/h3-8H,1,9-10H2,2H3. The Bertz CT molecular complexity index is 1090. The van der Waals surface area contributed by atoms with Gasteiger partial charge in [0.25, 0.3) is 5.56 Å². The quantitative estimate of drug-likeness (QED) is 0.702. The lowest BCUT2D eigenvalue weighted by Crippen LogP contribution is -2.22. The van der Waals surface area contributed by atoms with Crippen LogP contribution in [0.15, 0.2) is 52.8 Å². The van der Waals surface area contributed by atoms with Crippen LogP contribution in [-0.2, 0) is 0 Å². The van der Waals surface area contributed by atoms with Gasteiger partial charge in [-0.15, -0.1) is 0 Å². The van der Waals surface area contributed by atoms with Crippen LogP contribution in [0.5, 0.6) is 17.2 Å². The Morgan fingerprint density at radius 2 is 2.08 bits per heavy atom. The van der Waals surface area contributed by atoms with E-state index in [4.69, 9.17) is 25.8 Å². The Kier molecular flexibility index (Phi) is 4.05. The number of hydrogen-bond donors (Lipinski definition) is 0. The average Bonchev–Trinajstić information content (AvgIpc) is 3.08. The van der Waals surface area contributed by atoms with Crippen molar-refractivity contribution in [2.24, 2.45) is 0 Å². The summed E-state index contributed by atoms with van der Waals surface area (Å²) in [7, 11) is 0. The lowest BCUT2D eigenvalue weighted by atomic mass is 10.2. The highest BCUT2D eigenvalue weighted by atomic mass is 35.5. The van der Waals surface area contributed by atoms with Gasteiger partial charge in [0.05, 0.1) is 16.6 Å². The summed E-state index contributed by atoms with van der Waals surface area (Å²) in [5.74, 6) is 2.36. The number of nitrogens with zero attached hydrogens (tertiary/aromatic N) is 2. The third-order valence-corrected chi connectivity index (χ3v) is 4.13. The van der Waals surface area contributed by atoms with Crippen LogP contribution in [0.1, 0.15) is 5.82 Å². The molecular formula is C19H15ClN2O4. The summed E-state index contributed by atoms with van der Waals surface area (Å²) >= 11 is 5.73. The maximum Gasteiger partial charge on any atom is 0.266 e. The van der Waals surface area contributed by atoms with Crippen molar-refractivity contribution in [2.75, 3.05) is 13.4 Å². The number of aromatic nitrogens is 2. The largest absolute Gasteiger partial charge is 0.488 e. The lowest BCUT2D eigenvalue weighted by Gasteiger charge is -2.12. The van der Waals surface area contributed by atoms with Gasteiger partial charge in [-0.3, -0.25) is 9.36 Å². The smallest absolute Gasteiger partial charge is 0.266 e. The SMILES string of the molecule is C=C(Cl)COc1ccc2nc(C)n(-c3ccc4c(c3)OCO4)c(=O)c2c1. The summed E-state index contributed by atoms with van der Waals surface area (Å²) in [5, 5.41) is 0.829. The van der Waals surface area contributed by atoms with Crippen LogP contribution in [0.4, 0.5) is 0 Å². The highest BCUT2D eigenvalue weighted by Gasteiger charge is 2.17. The van der Waals surface area contributed by atoms with E-state index < -0.39 is 0 Å². The Morgan fingerprint density at radius 1 is 1.27 bits per heavy atom. The van der Waals surface area contributed by atoms with Crippen LogP contribution in [-0.4, -0.2) is 23.0 Å². The van der Waals surface area contributed by atoms with Crippen LogP contribution in [0, 0.1) is 6.92 Å². The summed E-state index contributed by atoms with van der Waals surface area (Å²) in [6, 6.07) is 10.5. The van der Waals surface area contributed by atoms with Crippen LogP contribution >= 0.6 is 11.6 Å². The number of rotatable bonds is 4. The monoisotopic (exact) mass is 370 g/mol. The van der Waals surface area contributed by atoms with Gasteiger partial charge in [0, 0.05) is 11.1 Å². The van der Waals surface area contributed by atoms with Crippen LogP contribution in [0.25, 0.3) is 16.6 Å². The Hall–Kier alpha value is -2.99. The van der Waals surface area contributed by atoms with Gasteiger partial charge in [0.15, 0.2) is 11.5 Å². The second-order valence-electron chi connectivity index (χ2n) is 5.82. The Morgan fingerprint density at radius 3 is 2.88 bits per heavy atom. The maximum atomic E-state index is 13.1. The number of halogens is 1. The van der Waals surface area contributed by atoms with Crippen molar-refractivity contribution in [2.45, 2.75) is 6.92 Å². The summed E-state index contributed by atoms with van der Waals surface area (Å²) in [6.07, 6.45) is 0. The third-order valence-electron chi connectivity index (χ3n) is 4.02. The van der Waals surface area contributed by atoms with Gasteiger partial charge in [0.2, 0.25) is 6.79 Å². The number of ether oxygens (including phenoxy) is 3. The number of hydrogen-bond acceptors (Lipinski definition) is 5. The molecule has 0 amide bonds. The summed E-state index contributed by atoms with van der Waals surface area (Å²) in [5.41, 5.74) is 1.06. The van der Waals surface area contributed by atoms with E-state index >= 15 is 0 Å². The molecule has 1 aromatic heterocycles. The molecule has 0 N–H and O–H groups in total. The minimum atomic E-state index is -0.193. The van der Waals surface area contributed by atoms with Crippen LogP contribution in [0.2, 0.25) is 0 Å². The van der Waals surface area contributed by atoms with Crippen molar-refractivity contribution in [3.05, 3.63) is 64.2 Å². The molecule has 0 saturated carbocycles. The first-order chi connectivity index (χ1) is 12.5. The summed E-state index contributed by atoms with van der Waals surface area (Å²) in [6.45, 7) is 5.71. The lowest BCUT2D eigenvalue weighted by molar-refractivity contribution is 0.174. The van der Waals surface area contributed by atoms with Gasteiger partial charge in [-0.05, 0) is 37.3 Å². The van der Waals surface area contributed by atoms with E-state index in [-0.39, 0.29) is 19.0 Å². The van der Waals surface area contributed by atoms with Gasteiger partial charge >= 0.3 is 0 Å². The molecule has 132 valence electrons. The topological polar surface area (TPSA) is 62.6 Å². The molecule has 1 aliphatic heterocycles. The molecule has 4 rings (SSSR count). The summed E-state index contributed by atoms with van der Waals surface area (Å²) < 4.78 is 17.8. The number of fused-ring (bicyclic) bond motifs is 2. The highest BCUT2D eigenvalue weighted by Crippen LogP contribution is 2.33. The second-order valence-corrected chi connectivity index (χ2v) is 6.36. The maximum absolute atomic E-state index is 13.1. The van der Waals surface area contributed by atoms with E-state index in [2.05, 4.69) is 11.6 Å². The fourth-order valence-electron chi connectivity index (χ4n) is 2.86. The second kappa shape index (κ2) is 6.38. The van der Waals surface area contributed by atoms with Crippen molar-refractivity contribution in [3.8, 4) is 22.9 Å². The van der Waals surface area contributed by atoms with Crippen molar-refractivity contribution in [1.82, 2.24) is 9.55 Å². The van der Waals surface area contributed by atoms with Gasteiger partial charge in [-0.2, -0.15) is 0 Å². The predicted octanol–water partition coefficient (Wildman–Crippen LogP) is 3.55. The van der Waals surface area contributed by atoms with Crippen molar-refractivity contribution in [3.63, 3.8) is 0 Å². The van der Waals surface area contributed by atoms with Crippen LogP contribution < -0.4 is 19.8 Å². The molecule has 0 atom stereocenters. The predicted molar refractivity (Wildman–Crippen MR) is 98.7 cm³/mol. The van der Waals surface area contributed by atoms with E-state index in [9.17, 15) is 4.79 Å². The first-order valence-corrected chi connectivity index (χ1v) is 8.30. The van der Waals surface area contributed by atoms with Gasteiger partial charge in [-0.1, -0.05) is 18.2 Å². The van der Waals surface area contributed by atoms with E-state index in [0.29, 0.717) is 44.7 Å². The molecule has 0 unspecified atom stereocenters. The van der Waals surface area contributed by atoms with E-state index in [1.165, 1.54) is 4.57 Å². The first kappa shape index (κ1) is 16.5. The van der Waals surface area contributed by atoms with Gasteiger partial charge in [0.1, 0.15) is 18.2 Å². The zero-order chi connectivity index (χ0) is 18.3. The normalized spacial score (nSPS) is 12.4. The Labute approximate surface area is 154 Å².